The van der Waals surface area contributed by atoms with Crippen molar-refractivity contribution in [2.75, 3.05) is 5.75 Å². The second kappa shape index (κ2) is 5.67. The summed E-state index contributed by atoms with van der Waals surface area (Å²) in [6, 6.07) is 1.28. The van der Waals surface area contributed by atoms with Gasteiger partial charge in [-0.15, -0.1) is 0 Å². The van der Waals surface area contributed by atoms with Gasteiger partial charge in [0.2, 0.25) is 0 Å². The van der Waals surface area contributed by atoms with Crippen LogP contribution in [0, 0.1) is 0 Å². The number of halogens is 1. The van der Waals surface area contributed by atoms with Crippen molar-refractivity contribution in [3.63, 3.8) is 0 Å². The van der Waals surface area contributed by atoms with E-state index in [1.165, 1.54) is 19.2 Å². The van der Waals surface area contributed by atoms with Gasteiger partial charge in [-0.3, -0.25) is 4.79 Å². The van der Waals surface area contributed by atoms with Crippen molar-refractivity contribution in [1.29, 1.82) is 0 Å². The third-order valence-corrected chi connectivity index (χ3v) is 4.02. The number of pyridine rings is 1. The Bertz CT molecular complexity index is 554. The van der Waals surface area contributed by atoms with Crippen LogP contribution in [0.2, 0.25) is 0 Å². The normalized spacial score (nSPS) is 11.6. The molecule has 18 heavy (non-hydrogen) atoms. The van der Waals surface area contributed by atoms with Gasteiger partial charge < -0.3 is 4.74 Å². The number of carbonyl (C=O) groups is 1. The molecule has 0 fully saturated rings. The van der Waals surface area contributed by atoms with E-state index in [2.05, 4.69) is 4.98 Å². The molecule has 0 aliphatic rings. The van der Waals surface area contributed by atoms with Crippen LogP contribution in [0.1, 0.15) is 31.3 Å². The zero-order valence-electron chi connectivity index (χ0n) is 10.3. The van der Waals surface area contributed by atoms with Crippen molar-refractivity contribution in [2.45, 2.75) is 31.8 Å². The van der Waals surface area contributed by atoms with Gasteiger partial charge >= 0.3 is 0 Å². The molecule has 0 bridgehead atoms. The first-order chi connectivity index (χ1) is 8.27. The number of carbonyl (C=O) groups excluding carboxylic acids is 1. The van der Waals surface area contributed by atoms with Gasteiger partial charge in [0.05, 0.1) is 18.1 Å². The van der Waals surface area contributed by atoms with Gasteiger partial charge in [0, 0.05) is 6.07 Å². The number of nitrogens with zero attached hydrogens (tertiary/aromatic N) is 1. The molecule has 0 saturated heterocycles. The zero-order valence-corrected chi connectivity index (χ0v) is 11.9. The van der Waals surface area contributed by atoms with Crippen LogP contribution in [0.3, 0.4) is 0 Å². The van der Waals surface area contributed by atoms with E-state index >= 15 is 0 Å². The fraction of sp³-hybridized carbons (Fsp3) is 0.455. The molecule has 5 nitrogen and oxygen atoms in total. The summed E-state index contributed by atoms with van der Waals surface area (Å²) in [6.45, 7) is 5.08. The predicted octanol–water partition coefficient (Wildman–Crippen LogP) is 2.04. The third-order valence-electron chi connectivity index (χ3n) is 2.10. The van der Waals surface area contributed by atoms with E-state index < -0.39 is 15.1 Å². The molecule has 1 heterocycles. The van der Waals surface area contributed by atoms with Gasteiger partial charge in [-0.2, -0.15) is 0 Å². The van der Waals surface area contributed by atoms with Crippen LogP contribution >= 0.6 is 11.6 Å². The maximum Gasteiger partial charge on any atom is 0.272 e. The second-order valence-corrected chi connectivity index (χ2v) is 6.45. The maximum absolute atomic E-state index is 11.9. The van der Waals surface area contributed by atoms with E-state index in [4.69, 9.17) is 16.3 Å². The molecular formula is C11H14ClNO4S. The molecule has 0 N–H and O–H groups in total. The van der Waals surface area contributed by atoms with Crippen LogP contribution in [0.15, 0.2) is 17.2 Å². The van der Waals surface area contributed by atoms with Gasteiger partial charge in [0.25, 0.3) is 5.24 Å². The van der Waals surface area contributed by atoms with Crippen molar-refractivity contribution in [2.24, 2.45) is 0 Å². The van der Waals surface area contributed by atoms with E-state index in [-0.39, 0.29) is 22.4 Å². The van der Waals surface area contributed by atoms with E-state index in [1.807, 2.05) is 0 Å². The Morgan fingerprint density at radius 3 is 2.56 bits per heavy atom. The molecule has 0 unspecified atom stereocenters. The Kier molecular flexibility index (Phi) is 4.70. The summed E-state index contributed by atoms with van der Waals surface area (Å²) in [7, 11) is -3.58. The quantitative estimate of drug-likeness (QED) is 0.776. The highest BCUT2D eigenvalue weighted by atomic mass is 35.5. The lowest BCUT2D eigenvalue weighted by molar-refractivity contribution is 0.107. The standard InChI is InChI=1S/C11H14ClNO4S/c1-4-18(15,16)9-5-8(17-7(2)3)6-13-10(9)11(12)14/h5-7H,4H2,1-3H3. The number of hydrogen-bond donors (Lipinski definition) is 0. The van der Waals surface area contributed by atoms with Gasteiger partial charge in [0.15, 0.2) is 9.84 Å². The van der Waals surface area contributed by atoms with E-state index in [1.54, 1.807) is 13.8 Å². The largest absolute Gasteiger partial charge is 0.489 e. The minimum Gasteiger partial charge on any atom is -0.489 e. The average Bonchev–Trinajstić information content (AvgIpc) is 2.27. The SMILES string of the molecule is CCS(=O)(=O)c1cc(OC(C)C)cnc1C(=O)Cl. The predicted molar refractivity (Wildman–Crippen MR) is 67.9 cm³/mol. The Labute approximate surface area is 111 Å². The number of hydrogen-bond acceptors (Lipinski definition) is 5. The second-order valence-electron chi connectivity index (χ2n) is 3.86. The molecule has 7 heteroatoms. The molecule has 0 radical (unpaired) electrons. The van der Waals surface area contributed by atoms with E-state index in [0.29, 0.717) is 5.75 Å². The van der Waals surface area contributed by atoms with Gasteiger partial charge in [0.1, 0.15) is 16.3 Å². The first-order valence-electron chi connectivity index (χ1n) is 5.37. The van der Waals surface area contributed by atoms with Crippen LogP contribution in [-0.2, 0) is 9.84 Å². The maximum atomic E-state index is 11.9. The number of aromatic nitrogens is 1. The molecule has 0 spiro atoms. The van der Waals surface area contributed by atoms with Crippen LogP contribution in [-0.4, -0.2) is 30.5 Å². The van der Waals surface area contributed by atoms with Crippen molar-refractivity contribution >= 4 is 26.7 Å². The van der Waals surface area contributed by atoms with Crippen LogP contribution in [0.4, 0.5) is 0 Å². The molecular weight excluding hydrogens is 278 g/mol. The first kappa shape index (κ1) is 14.9. The lowest BCUT2D eigenvalue weighted by Gasteiger charge is -2.12. The lowest BCUT2D eigenvalue weighted by Crippen LogP contribution is -2.13. The number of sulfone groups is 1. The Morgan fingerprint density at radius 1 is 1.50 bits per heavy atom. The molecule has 1 aromatic heterocycles. The molecule has 0 amide bonds. The summed E-state index contributed by atoms with van der Waals surface area (Å²) in [4.78, 5) is 14.7. The summed E-state index contributed by atoms with van der Waals surface area (Å²) in [5.74, 6) is 0.149. The van der Waals surface area contributed by atoms with Crippen molar-refractivity contribution in [1.82, 2.24) is 4.98 Å². The molecule has 1 aromatic rings. The fourth-order valence-corrected chi connectivity index (χ4v) is 2.56. The smallest absolute Gasteiger partial charge is 0.272 e. The van der Waals surface area contributed by atoms with Crippen LogP contribution < -0.4 is 4.74 Å². The van der Waals surface area contributed by atoms with Crippen molar-refractivity contribution in [3.05, 3.63) is 18.0 Å². The van der Waals surface area contributed by atoms with Gasteiger partial charge in [-0.25, -0.2) is 13.4 Å². The Balaban J connectivity index is 3.38. The van der Waals surface area contributed by atoms with Gasteiger partial charge in [-0.05, 0) is 25.4 Å². The summed E-state index contributed by atoms with van der Waals surface area (Å²) in [6.07, 6.45) is 1.16. The highest BCUT2D eigenvalue weighted by Gasteiger charge is 2.22. The molecule has 0 saturated carbocycles. The molecule has 0 aromatic carbocycles. The summed E-state index contributed by atoms with van der Waals surface area (Å²) in [5.41, 5.74) is -0.269. The van der Waals surface area contributed by atoms with Crippen molar-refractivity contribution < 1.29 is 17.9 Å². The monoisotopic (exact) mass is 291 g/mol. The fourth-order valence-electron chi connectivity index (χ4n) is 1.30. The Morgan fingerprint density at radius 2 is 2.11 bits per heavy atom. The highest BCUT2D eigenvalue weighted by Crippen LogP contribution is 2.23. The van der Waals surface area contributed by atoms with E-state index in [9.17, 15) is 13.2 Å². The van der Waals surface area contributed by atoms with Gasteiger partial charge in [-0.1, -0.05) is 6.92 Å². The molecule has 0 atom stereocenters. The van der Waals surface area contributed by atoms with E-state index in [0.717, 1.165) is 0 Å². The third kappa shape index (κ3) is 3.43. The highest BCUT2D eigenvalue weighted by molar-refractivity contribution is 7.91. The molecule has 0 aliphatic carbocycles. The number of rotatable bonds is 5. The average molecular weight is 292 g/mol. The Hall–Kier alpha value is -1.14. The number of ether oxygens (including phenoxy) is 1. The first-order valence-corrected chi connectivity index (χ1v) is 7.40. The summed E-state index contributed by atoms with van der Waals surface area (Å²) >= 11 is 5.32. The topological polar surface area (TPSA) is 73.3 Å². The van der Waals surface area contributed by atoms with Crippen LogP contribution in [0.25, 0.3) is 0 Å². The van der Waals surface area contributed by atoms with Crippen LogP contribution in [0.5, 0.6) is 5.75 Å². The van der Waals surface area contributed by atoms with Crippen molar-refractivity contribution in [3.8, 4) is 5.75 Å². The summed E-state index contributed by atoms with van der Waals surface area (Å²) in [5, 5.41) is -0.905. The minimum atomic E-state index is -3.58. The zero-order chi connectivity index (χ0) is 13.9. The molecule has 1 rings (SSSR count). The molecule has 0 aliphatic heterocycles. The molecule has 100 valence electrons. The minimum absolute atomic E-state index is 0.124. The summed E-state index contributed by atoms with van der Waals surface area (Å²) < 4.78 is 29.1. The lowest BCUT2D eigenvalue weighted by atomic mass is 10.3.